The summed E-state index contributed by atoms with van der Waals surface area (Å²) >= 11 is 0. The molecule has 0 saturated carbocycles. The Morgan fingerprint density at radius 1 is 1.11 bits per heavy atom. The lowest BCUT2D eigenvalue weighted by molar-refractivity contribution is -0.340. The normalized spacial score (nSPS) is 42.9. The van der Waals surface area contributed by atoms with Crippen LogP contribution in [0.25, 0.3) is 0 Å². The molecule has 1 fully saturated rings. The number of esters is 1. The van der Waals surface area contributed by atoms with Crippen molar-refractivity contribution in [1.29, 1.82) is 0 Å². The monoisotopic (exact) mass is 402 g/mol. The van der Waals surface area contributed by atoms with Crippen molar-refractivity contribution in [2.45, 2.75) is 50.0 Å². The van der Waals surface area contributed by atoms with E-state index in [2.05, 4.69) is 0 Å². The van der Waals surface area contributed by atoms with Crippen LogP contribution in [0.15, 0.2) is 23.5 Å². The van der Waals surface area contributed by atoms with Crippen molar-refractivity contribution < 1.29 is 48.9 Å². The van der Waals surface area contributed by atoms with Crippen LogP contribution in [0.1, 0.15) is 6.92 Å². The molecule has 9 atom stereocenters. The summed E-state index contributed by atoms with van der Waals surface area (Å²) in [6, 6.07) is 0. The second-order valence-electron chi connectivity index (χ2n) is 7.07. The van der Waals surface area contributed by atoms with Crippen LogP contribution in [0, 0.1) is 11.8 Å². The van der Waals surface area contributed by atoms with Gasteiger partial charge in [-0.1, -0.05) is 11.6 Å². The molecule has 1 saturated heterocycles. The van der Waals surface area contributed by atoms with Gasteiger partial charge in [-0.25, -0.2) is 4.79 Å². The van der Waals surface area contributed by atoms with E-state index < -0.39 is 67.5 Å². The molecular weight excluding hydrogens is 376 g/mol. The second kappa shape index (κ2) is 8.46. The highest BCUT2D eigenvalue weighted by atomic mass is 16.8. The van der Waals surface area contributed by atoms with Gasteiger partial charge in [-0.2, -0.15) is 0 Å². The Labute approximate surface area is 161 Å². The highest BCUT2D eigenvalue weighted by Crippen LogP contribution is 2.45. The molecule has 1 aliphatic carbocycles. The Bertz CT molecular complexity index is 644. The molecule has 0 amide bonds. The van der Waals surface area contributed by atoms with Gasteiger partial charge in [0.25, 0.3) is 0 Å². The topological polar surface area (TPSA) is 144 Å². The summed E-state index contributed by atoms with van der Waals surface area (Å²) in [5.41, 5.74) is 1.14. The molecule has 0 spiro atoms. The predicted molar refractivity (Wildman–Crippen MR) is 91.4 cm³/mol. The fourth-order valence-electron chi connectivity index (χ4n) is 3.96. The molecule has 0 aromatic heterocycles. The molecule has 4 N–H and O–H groups in total. The number of carbonyl (C=O) groups excluding carboxylic acids is 1. The summed E-state index contributed by atoms with van der Waals surface area (Å²) < 4.78 is 27.0. The SMILES string of the molecule is COC(=O)C1=CO[C@@H](O[C@@H]2O[C@H](CO)[C@@H](O)[C@H](O)[C@H]2O)[C@@H]2C(C)=C[C@@H](OC)[C@H]12. The minimum Gasteiger partial charge on any atom is -0.471 e. The Morgan fingerprint density at radius 3 is 2.43 bits per heavy atom. The van der Waals surface area contributed by atoms with Crippen molar-refractivity contribution in [2.24, 2.45) is 11.8 Å². The maximum atomic E-state index is 12.1. The van der Waals surface area contributed by atoms with Gasteiger partial charge in [0.2, 0.25) is 6.29 Å². The lowest BCUT2D eigenvalue weighted by Crippen LogP contribution is -2.60. The van der Waals surface area contributed by atoms with Crippen LogP contribution in [0.3, 0.4) is 0 Å². The number of ether oxygens (including phenoxy) is 5. The summed E-state index contributed by atoms with van der Waals surface area (Å²) in [6.45, 7) is 1.27. The minimum atomic E-state index is -1.57. The third kappa shape index (κ3) is 3.57. The van der Waals surface area contributed by atoms with E-state index in [1.165, 1.54) is 20.5 Å². The second-order valence-corrected chi connectivity index (χ2v) is 7.07. The molecule has 3 aliphatic rings. The summed E-state index contributed by atoms with van der Waals surface area (Å²) in [7, 11) is 2.79. The van der Waals surface area contributed by atoms with Crippen LogP contribution in [-0.4, -0.2) is 90.3 Å². The molecule has 158 valence electrons. The van der Waals surface area contributed by atoms with E-state index in [0.29, 0.717) is 5.57 Å². The maximum Gasteiger partial charge on any atom is 0.337 e. The predicted octanol–water partition coefficient (Wildman–Crippen LogP) is -1.58. The Kier molecular flexibility index (Phi) is 6.40. The van der Waals surface area contributed by atoms with Crippen molar-refractivity contribution in [3.8, 4) is 0 Å². The zero-order valence-corrected chi connectivity index (χ0v) is 15.8. The number of fused-ring (bicyclic) bond motifs is 1. The van der Waals surface area contributed by atoms with E-state index in [9.17, 15) is 25.2 Å². The van der Waals surface area contributed by atoms with Gasteiger partial charge >= 0.3 is 5.97 Å². The fraction of sp³-hybridized carbons (Fsp3) is 0.722. The van der Waals surface area contributed by atoms with Gasteiger partial charge in [0.1, 0.15) is 24.4 Å². The number of aliphatic hydroxyl groups is 4. The van der Waals surface area contributed by atoms with Crippen LogP contribution in [0.4, 0.5) is 0 Å². The molecule has 2 aliphatic heterocycles. The highest BCUT2D eigenvalue weighted by Gasteiger charge is 2.51. The van der Waals surface area contributed by atoms with E-state index in [1.807, 2.05) is 13.0 Å². The number of aliphatic hydroxyl groups excluding tert-OH is 4. The lowest BCUT2D eigenvalue weighted by Gasteiger charge is -2.43. The van der Waals surface area contributed by atoms with Gasteiger partial charge < -0.3 is 44.1 Å². The van der Waals surface area contributed by atoms with Gasteiger partial charge in [-0.15, -0.1) is 0 Å². The smallest absolute Gasteiger partial charge is 0.337 e. The van der Waals surface area contributed by atoms with Crippen molar-refractivity contribution >= 4 is 5.97 Å². The number of hydrogen-bond acceptors (Lipinski definition) is 10. The first-order valence-electron chi connectivity index (χ1n) is 8.95. The third-order valence-corrected chi connectivity index (χ3v) is 5.49. The Balaban J connectivity index is 1.84. The molecule has 0 unspecified atom stereocenters. The molecular formula is C18H26O10. The minimum absolute atomic E-state index is 0.293. The summed E-state index contributed by atoms with van der Waals surface area (Å²) in [5, 5.41) is 39.4. The van der Waals surface area contributed by atoms with Crippen LogP contribution in [0.5, 0.6) is 0 Å². The van der Waals surface area contributed by atoms with Gasteiger partial charge in [-0.05, 0) is 6.92 Å². The zero-order valence-electron chi connectivity index (χ0n) is 15.8. The van der Waals surface area contributed by atoms with Gasteiger partial charge in [0, 0.05) is 13.0 Å². The largest absolute Gasteiger partial charge is 0.471 e. The van der Waals surface area contributed by atoms with Crippen molar-refractivity contribution in [3.63, 3.8) is 0 Å². The average Bonchev–Trinajstić information content (AvgIpc) is 3.05. The van der Waals surface area contributed by atoms with Crippen molar-refractivity contribution in [1.82, 2.24) is 0 Å². The number of hydrogen-bond donors (Lipinski definition) is 4. The first kappa shape index (κ1) is 21.2. The molecule has 0 bridgehead atoms. The molecule has 10 heteroatoms. The van der Waals surface area contributed by atoms with E-state index in [4.69, 9.17) is 23.7 Å². The van der Waals surface area contributed by atoms with Gasteiger partial charge in [0.05, 0.1) is 37.6 Å². The fourth-order valence-corrected chi connectivity index (χ4v) is 3.96. The van der Waals surface area contributed by atoms with Crippen molar-refractivity contribution in [2.75, 3.05) is 20.8 Å². The van der Waals surface area contributed by atoms with Gasteiger partial charge in [0.15, 0.2) is 6.29 Å². The summed E-state index contributed by atoms with van der Waals surface area (Å²) in [5.74, 6) is -1.41. The Hall–Kier alpha value is -1.53. The molecule has 3 rings (SSSR count). The number of rotatable bonds is 5. The quantitative estimate of drug-likeness (QED) is 0.314. The molecule has 0 aromatic rings. The van der Waals surface area contributed by atoms with Gasteiger partial charge in [-0.3, -0.25) is 0 Å². The molecule has 2 heterocycles. The zero-order chi connectivity index (χ0) is 20.6. The third-order valence-electron chi connectivity index (χ3n) is 5.49. The van der Waals surface area contributed by atoms with E-state index >= 15 is 0 Å². The summed E-state index contributed by atoms with van der Waals surface area (Å²) in [4.78, 5) is 12.1. The first-order valence-corrected chi connectivity index (χ1v) is 8.95. The number of carbonyl (C=O) groups is 1. The molecule has 0 radical (unpaired) electrons. The Morgan fingerprint density at radius 2 is 1.82 bits per heavy atom. The lowest BCUT2D eigenvalue weighted by atomic mass is 9.82. The van der Waals surface area contributed by atoms with E-state index in [-0.39, 0.29) is 0 Å². The summed E-state index contributed by atoms with van der Waals surface area (Å²) in [6.07, 6.45) is -5.35. The molecule has 28 heavy (non-hydrogen) atoms. The van der Waals surface area contributed by atoms with Crippen molar-refractivity contribution in [3.05, 3.63) is 23.5 Å². The van der Waals surface area contributed by atoms with Crippen LogP contribution in [-0.2, 0) is 28.5 Å². The standard InChI is InChI=1S/C18H26O10/c1-7-4-9(24-2)12-8(16(23)25-3)6-26-17(11(7)12)28-18-15(22)14(21)13(20)10(5-19)27-18/h4,6,9-15,17-22H,5H2,1-3H3/t9-,10-,11-,12+,13-,14+,15-,17+,18+/m1/s1. The van der Waals surface area contributed by atoms with Crippen LogP contribution >= 0.6 is 0 Å². The average molecular weight is 402 g/mol. The van der Waals surface area contributed by atoms with Crippen LogP contribution in [0.2, 0.25) is 0 Å². The maximum absolute atomic E-state index is 12.1. The van der Waals surface area contributed by atoms with E-state index in [0.717, 1.165) is 5.57 Å². The number of methoxy groups -OCH3 is 2. The molecule has 10 nitrogen and oxygen atoms in total. The first-order chi connectivity index (χ1) is 13.3. The molecule has 0 aromatic carbocycles. The highest BCUT2D eigenvalue weighted by molar-refractivity contribution is 5.89. The van der Waals surface area contributed by atoms with E-state index in [1.54, 1.807) is 0 Å². The van der Waals surface area contributed by atoms with Crippen LogP contribution < -0.4 is 0 Å².